The fraction of sp³-hybridized carbons (Fsp3) is 0.533. The van der Waals surface area contributed by atoms with Crippen LogP contribution in [0, 0.1) is 5.41 Å². The van der Waals surface area contributed by atoms with Crippen LogP contribution < -0.4 is 5.32 Å². The van der Waals surface area contributed by atoms with E-state index >= 15 is 0 Å². The lowest BCUT2D eigenvalue weighted by Crippen LogP contribution is -2.33. The average Bonchev–Trinajstić information content (AvgIpc) is 3.20. The largest absolute Gasteiger partial charge is 0.469 e. The molecule has 1 aromatic rings. The van der Waals surface area contributed by atoms with Gasteiger partial charge in [0.1, 0.15) is 0 Å². The van der Waals surface area contributed by atoms with Gasteiger partial charge in [-0.1, -0.05) is 37.3 Å². The number of hydrogen-bond donors (Lipinski definition) is 1. The number of carbonyl (C=O) groups is 1. The van der Waals surface area contributed by atoms with Gasteiger partial charge in [-0.25, -0.2) is 0 Å². The molecule has 1 aliphatic carbocycles. The monoisotopic (exact) mass is 247 g/mol. The van der Waals surface area contributed by atoms with E-state index in [1.54, 1.807) is 0 Å². The van der Waals surface area contributed by atoms with Gasteiger partial charge in [0, 0.05) is 13.1 Å². The summed E-state index contributed by atoms with van der Waals surface area (Å²) in [5.74, 6) is 0.391. The Bertz CT molecular complexity index is 398. The first-order chi connectivity index (χ1) is 8.68. The third-order valence-corrected chi connectivity index (χ3v) is 3.75. The SMILES string of the molecule is COC(=O)C1(CNC[C@@H](C)c2ccccc2)CC1. The van der Waals surface area contributed by atoms with E-state index in [1.807, 2.05) is 6.07 Å². The Balaban J connectivity index is 1.78. The van der Waals surface area contributed by atoms with E-state index in [-0.39, 0.29) is 11.4 Å². The van der Waals surface area contributed by atoms with Gasteiger partial charge in [0.15, 0.2) is 0 Å². The van der Waals surface area contributed by atoms with Crippen LogP contribution >= 0.6 is 0 Å². The molecule has 98 valence electrons. The number of carbonyl (C=O) groups excluding carboxylic acids is 1. The van der Waals surface area contributed by atoms with Crippen molar-refractivity contribution in [3.8, 4) is 0 Å². The van der Waals surface area contributed by atoms with Gasteiger partial charge in [0.2, 0.25) is 0 Å². The van der Waals surface area contributed by atoms with Crippen molar-refractivity contribution in [1.82, 2.24) is 5.32 Å². The van der Waals surface area contributed by atoms with E-state index in [0.29, 0.717) is 5.92 Å². The van der Waals surface area contributed by atoms with E-state index in [9.17, 15) is 4.79 Å². The fourth-order valence-electron chi connectivity index (χ4n) is 2.25. The number of methoxy groups -OCH3 is 1. The summed E-state index contributed by atoms with van der Waals surface area (Å²) in [7, 11) is 1.47. The molecule has 2 rings (SSSR count). The smallest absolute Gasteiger partial charge is 0.313 e. The number of esters is 1. The molecule has 0 saturated heterocycles. The Labute approximate surface area is 109 Å². The average molecular weight is 247 g/mol. The maximum Gasteiger partial charge on any atom is 0.313 e. The molecule has 1 atom stereocenters. The second-order valence-electron chi connectivity index (χ2n) is 5.21. The molecule has 0 amide bonds. The molecule has 1 saturated carbocycles. The number of nitrogens with one attached hydrogen (secondary N) is 1. The molecule has 0 unspecified atom stereocenters. The third-order valence-electron chi connectivity index (χ3n) is 3.75. The molecule has 0 aromatic heterocycles. The molecule has 1 fully saturated rings. The summed E-state index contributed by atoms with van der Waals surface area (Å²) >= 11 is 0. The Morgan fingerprint density at radius 1 is 1.39 bits per heavy atom. The molecule has 0 heterocycles. The van der Waals surface area contributed by atoms with E-state index in [4.69, 9.17) is 4.74 Å². The molecule has 0 spiro atoms. The fourth-order valence-corrected chi connectivity index (χ4v) is 2.25. The van der Waals surface area contributed by atoms with Crippen molar-refractivity contribution in [2.75, 3.05) is 20.2 Å². The molecule has 0 bridgehead atoms. The van der Waals surface area contributed by atoms with Gasteiger partial charge in [-0.15, -0.1) is 0 Å². The lowest BCUT2D eigenvalue weighted by atomic mass is 10.0. The zero-order valence-corrected chi connectivity index (χ0v) is 11.1. The normalized spacial score (nSPS) is 18.1. The molecule has 0 aliphatic heterocycles. The van der Waals surface area contributed by atoms with Gasteiger partial charge in [-0.3, -0.25) is 4.79 Å². The first kappa shape index (κ1) is 13.1. The summed E-state index contributed by atoms with van der Waals surface area (Å²) in [5.41, 5.74) is 1.10. The number of ether oxygens (including phenoxy) is 1. The minimum absolute atomic E-state index is 0.0673. The zero-order chi connectivity index (χ0) is 13.0. The summed E-state index contributed by atoms with van der Waals surface area (Å²) in [6.07, 6.45) is 1.90. The van der Waals surface area contributed by atoms with Crippen molar-refractivity contribution in [1.29, 1.82) is 0 Å². The maximum absolute atomic E-state index is 11.6. The maximum atomic E-state index is 11.6. The molecule has 1 N–H and O–H groups in total. The van der Waals surface area contributed by atoms with Crippen LogP contribution in [0.4, 0.5) is 0 Å². The number of hydrogen-bond acceptors (Lipinski definition) is 3. The van der Waals surface area contributed by atoms with Crippen LogP contribution in [0.1, 0.15) is 31.2 Å². The molecular formula is C15H21NO2. The van der Waals surface area contributed by atoms with Crippen LogP contribution in [0.5, 0.6) is 0 Å². The van der Waals surface area contributed by atoms with Gasteiger partial charge < -0.3 is 10.1 Å². The van der Waals surface area contributed by atoms with Crippen molar-refractivity contribution in [2.24, 2.45) is 5.41 Å². The van der Waals surface area contributed by atoms with Crippen molar-refractivity contribution in [2.45, 2.75) is 25.7 Å². The summed E-state index contributed by atoms with van der Waals surface area (Å²) in [6.45, 7) is 3.82. The third kappa shape index (κ3) is 2.91. The van der Waals surface area contributed by atoms with Crippen LogP contribution in [0.15, 0.2) is 30.3 Å². The van der Waals surface area contributed by atoms with Gasteiger partial charge in [0.25, 0.3) is 0 Å². The molecule has 1 aliphatic rings. The summed E-state index contributed by atoms with van der Waals surface area (Å²) in [4.78, 5) is 11.6. The molecule has 18 heavy (non-hydrogen) atoms. The van der Waals surface area contributed by atoms with Crippen LogP contribution in [0.25, 0.3) is 0 Å². The summed E-state index contributed by atoms with van der Waals surface area (Å²) in [6, 6.07) is 10.4. The lowest BCUT2D eigenvalue weighted by molar-refractivity contribution is -0.146. The minimum atomic E-state index is -0.231. The van der Waals surface area contributed by atoms with E-state index < -0.39 is 0 Å². The highest BCUT2D eigenvalue weighted by atomic mass is 16.5. The number of rotatable bonds is 6. The van der Waals surface area contributed by atoms with E-state index in [0.717, 1.165) is 25.9 Å². The second kappa shape index (κ2) is 5.53. The van der Waals surface area contributed by atoms with Crippen molar-refractivity contribution in [3.63, 3.8) is 0 Å². The Kier molecular flexibility index (Phi) is 4.02. The summed E-state index contributed by atoms with van der Waals surface area (Å²) < 4.78 is 4.84. The van der Waals surface area contributed by atoms with Crippen LogP contribution in [0.3, 0.4) is 0 Å². The molecule has 1 aromatic carbocycles. The molecule has 0 radical (unpaired) electrons. The van der Waals surface area contributed by atoms with Gasteiger partial charge in [-0.2, -0.15) is 0 Å². The van der Waals surface area contributed by atoms with Crippen LogP contribution in [0.2, 0.25) is 0 Å². The zero-order valence-electron chi connectivity index (χ0n) is 11.1. The van der Waals surface area contributed by atoms with Crippen LogP contribution in [-0.2, 0) is 9.53 Å². The van der Waals surface area contributed by atoms with Crippen LogP contribution in [-0.4, -0.2) is 26.2 Å². The van der Waals surface area contributed by atoms with Gasteiger partial charge in [-0.05, 0) is 24.3 Å². The molecule has 3 nitrogen and oxygen atoms in total. The first-order valence-electron chi connectivity index (χ1n) is 6.52. The van der Waals surface area contributed by atoms with E-state index in [1.165, 1.54) is 12.7 Å². The van der Waals surface area contributed by atoms with Crippen molar-refractivity contribution >= 4 is 5.97 Å². The summed E-state index contributed by atoms with van der Waals surface area (Å²) in [5, 5.41) is 3.40. The lowest BCUT2D eigenvalue weighted by Gasteiger charge is -2.17. The van der Waals surface area contributed by atoms with Crippen molar-refractivity contribution < 1.29 is 9.53 Å². The Morgan fingerprint density at radius 2 is 2.06 bits per heavy atom. The standard InChI is InChI=1S/C15H21NO2/c1-12(13-6-4-3-5-7-13)10-16-11-15(8-9-15)14(17)18-2/h3-7,12,16H,8-11H2,1-2H3/t12-/m1/s1. The topological polar surface area (TPSA) is 38.3 Å². The predicted molar refractivity (Wildman–Crippen MR) is 71.4 cm³/mol. The van der Waals surface area contributed by atoms with Gasteiger partial charge in [0.05, 0.1) is 12.5 Å². The van der Waals surface area contributed by atoms with E-state index in [2.05, 4.69) is 36.5 Å². The molecule has 3 heteroatoms. The minimum Gasteiger partial charge on any atom is -0.469 e. The predicted octanol–water partition coefficient (Wildman–Crippen LogP) is 2.33. The van der Waals surface area contributed by atoms with Gasteiger partial charge >= 0.3 is 5.97 Å². The molecular weight excluding hydrogens is 226 g/mol. The first-order valence-corrected chi connectivity index (χ1v) is 6.52. The number of benzene rings is 1. The van der Waals surface area contributed by atoms with Crippen molar-refractivity contribution in [3.05, 3.63) is 35.9 Å². The quantitative estimate of drug-likeness (QED) is 0.784. The highest BCUT2D eigenvalue weighted by Crippen LogP contribution is 2.46. The second-order valence-corrected chi connectivity index (χ2v) is 5.21. The highest BCUT2D eigenvalue weighted by Gasteiger charge is 2.50. The highest BCUT2D eigenvalue weighted by molar-refractivity contribution is 5.80. The Morgan fingerprint density at radius 3 is 2.61 bits per heavy atom. The Hall–Kier alpha value is -1.35.